The van der Waals surface area contributed by atoms with E-state index in [1.54, 1.807) is 12.3 Å². The summed E-state index contributed by atoms with van der Waals surface area (Å²) in [5.74, 6) is -0.121. The Labute approximate surface area is 123 Å². The van der Waals surface area contributed by atoms with Crippen molar-refractivity contribution in [3.63, 3.8) is 0 Å². The minimum atomic E-state index is -0.368. The van der Waals surface area contributed by atoms with Gasteiger partial charge in [-0.1, -0.05) is 30.3 Å². The molecule has 0 unspecified atom stereocenters. The Morgan fingerprint density at radius 1 is 1.19 bits per heavy atom. The highest BCUT2D eigenvalue weighted by molar-refractivity contribution is 5.77. The second-order valence-electron chi connectivity index (χ2n) is 4.82. The average molecular weight is 285 g/mol. The molecule has 0 fully saturated rings. The number of aromatic nitrogens is 1. The van der Waals surface area contributed by atoms with Gasteiger partial charge in [0, 0.05) is 18.8 Å². The molecular formula is C16H19N3O2. The monoisotopic (exact) mass is 285 g/mol. The lowest BCUT2D eigenvalue weighted by Gasteiger charge is -2.12. The molecule has 1 aromatic carbocycles. The molecule has 0 radical (unpaired) electrons. The van der Waals surface area contributed by atoms with Crippen LogP contribution >= 0.6 is 0 Å². The fourth-order valence-corrected chi connectivity index (χ4v) is 2.02. The van der Waals surface area contributed by atoms with Crippen LogP contribution in [0.5, 0.6) is 5.88 Å². The molecule has 2 rings (SSSR count). The highest BCUT2D eigenvalue weighted by Crippen LogP contribution is 2.13. The van der Waals surface area contributed by atoms with Gasteiger partial charge in [-0.2, -0.15) is 0 Å². The summed E-state index contributed by atoms with van der Waals surface area (Å²) in [5, 5.41) is 0. The van der Waals surface area contributed by atoms with Crippen LogP contribution in [-0.2, 0) is 17.8 Å². The first-order chi connectivity index (χ1) is 10.2. The molecule has 0 spiro atoms. The van der Waals surface area contributed by atoms with Crippen molar-refractivity contribution < 1.29 is 9.53 Å². The van der Waals surface area contributed by atoms with Crippen LogP contribution < -0.4 is 16.2 Å². The number of primary amides is 1. The van der Waals surface area contributed by atoms with Crippen LogP contribution in [0.2, 0.25) is 0 Å². The van der Waals surface area contributed by atoms with E-state index in [1.165, 1.54) is 0 Å². The fourth-order valence-electron chi connectivity index (χ4n) is 2.02. The molecule has 1 amide bonds. The van der Waals surface area contributed by atoms with E-state index < -0.39 is 0 Å². The summed E-state index contributed by atoms with van der Waals surface area (Å²) in [4.78, 5) is 15.3. The number of hydrogen-bond donors (Lipinski definition) is 2. The van der Waals surface area contributed by atoms with Crippen molar-refractivity contribution in [3.05, 3.63) is 59.8 Å². The molecule has 1 atom stereocenters. The van der Waals surface area contributed by atoms with Crippen molar-refractivity contribution in [1.82, 2.24) is 4.98 Å². The second kappa shape index (κ2) is 7.40. The largest absolute Gasteiger partial charge is 0.473 e. The van der Waals surface area contributed by atoms with E-state index in [-0.39, 0.29) is 18.4 Å². The Morgan fingerprint density at radius 2 is 2.00 bits per heavy atom. The van der Waals surface area contributed by atoms with E-state index in [0.717, 1.165) is 11.1 Å². The molecule has 0 aliphatic rings. The van der Waals surface area contributed by atoms with Crippen molar-refractivity contribution in [2.24, 2.45) is 17.4 Å². The Hall–Kier alpha value is -2.40. The van der Waals surface area contributed by atoms with E-state index >= 15 is 0 Å². The van der Waals surface area contributed by atoms with Crippen LogP contribution in [0.1, 0.15) is 11.1 Å². The van der Waals surface area contributed by atoms with Gasteiger partial charge in [-0.05, 0) is 23.6 Å². The third-order valence-electron chi connectivity index (χ3n) is 3.18. The number of ether oxygens (including phenoxy) is 1. The number of carbonyl (C=O) groups excluding carboxylic acids is 1. The maximum atomic E-state index is 11.2. The summed E-state index contributed by atoms with van der Waals surface area (Å²) in [7, 11) is 0. The average Bonchev–Trinajstić information content (AvgIpc) is 2.52. The molecule has 5 heteroatoms. The summed E-state index contributed by atoms with van der Waals surface area (Å²) in [6.07, 6.45) is 2.23. The molecule has 2 aromatic rings. The van der Waals surface area contributed by atoms with Gasteiger partial charge in [0.15, 0.2) is 0 Å². The van der Waals surface area contributed by atoms with Crippen molar-refractivity contribution in [2.45, 2.75) is 13.0 Å². The fraction of sp³-hybridized carbons (Fsp3) is 0.250. The van der Waals surface area contributed by atoms with Gasteiger partial charge in [0.05, 0.1) is 5.92 Å². The minimum absolute atomic E-state index is 0.254. The third kappa shape index (κ3) is 4.57. The third-order valence-corrected chi connectivity index (χ3v) is 3.18. The lowest BCUT2D eigenvalue weighted by molar-refractivity contribution is -0.121. The van der Waals surface area contributed by atoms with Gasteiger partial charge in [-0.3, -0.25) is 4.79 Å². The van der Waals surface area contributed by atoms with Crippen molar-refractivity contribution in [1.29, 1.82) is 0 Å². The molecule has 0 saturated heterocycles. The summed E-state index contributed by atoms with van der Waals surface area (Å²) in [6, 6.07) is 13.4. The summed E-state index contributed by atoms with van der Waals surface area (Å²) in [6.45, 7) is 0.679. The highest BCUT2D eigenvalue weighted by Gasteiger charge is 2.14. The quantitative estimate of drug-likeness (QED) is 0.801. The van der Waals surface area contributed by atoms with E-state index in [0.29, 0.717) is 18.9 Å². The first kappa shape index (κ1) is 15.0. The normalized spacial score (nSPS) is 11.9. The second-order valence-corrected chi connectivity index (χ2v) is 4.82. The van der Waals surface area contributed by atoms with E-state index in [4.69, 9.17) is 16.2 Å². The van der Waals surface area contributed by atoms with E-state index in [2.05, 4.69) is 4.98 Å². The van der Waals surface area contributed by atoms with Gasteiger partial charge in [0.2, 0.25) is 11.8 Å². The maximum Gasteiger partial charge on any atom is 0.222 e. The zero-order valence-corrected chi connectivity index (χ0v) is 11.7. The summed E-state index contributed by atoms with van der Waals surface area (Å²) >= 11 is 0. The van der Waals surface area contributed by atoms with Crippen molar-refractivity contribution in [2.75, 3.05) is 6.54 Å². The minimum Gasteiger partial charge on any atom is -0.473 e. The summed E-state index contributed by atoms with van der Waals surface area (Å²) in [5.41, 5.74) is 12.9. The van der Waals surface area contributed by atoms with Gasteiger partial charge in [-0.15, -0.1) is 0 Å². The van der Waals surface area contributed by atoms with E-state index in [9.17, 15) is 4.79 Å². The summed E-state index contributed by atoms with van der Waals surface area (Å²) < 4.78 is 5.60. The lowest BCUT2D eigenvalue weighted by atomic mass is 9.98. The molecule has 1 heterocycles. The van der Waals surface area contributed by atoms with Gasteiger partial charge >= 0.3 is 0 Å². The molecular weight excluding hydrogens is 266 g/mol. The number of hydrogen-bond acceptors (Lipinski definition) is 4. The van der Waals surface area contributed by atoms with Crippen LogP contribution in [-0.4, -0.2) is 17.4 Å². The molecule has 0 saturated carbocycles. The highest BCUT2D eigenvalue weighted by atomic mass is 16.5. The van der Waals surface area contributed by atoms with Crippen molar-refractivity contribution in [3.8, 4) is 5.88 Å². The molecule has 110 valence electrons. The smallest absolute Gasteiger partial charge is 0.222 e. The van der Waals surface area contributed by atoms with Gasteiger partial charge in [0.25, 0.3) is 0 Å². The van der Waals surface area contributed by atoms with Crippen LogP contribution in [0, 0.1) is 5.92 Å². The van der Waals surface area contributed by atoms with Crippen LogP contribution in [0.15, 0.2) is 48.7 Å². The molecule has 0 aliphatic heterocycles. The molecule has 0 bridgehead atoms. The van der Waals surface area contributed by atoms with Gasteiger partial charge in [-0.25, -0.2) is 4.98 Å². The number of nitrogens with two attached hydrogens (primary N) is 2. The van der Waals surface area contributed by atoms with Crippen LogP contribution in [0.3, 0.4) is 0 Å². The molecule has 5 nitrogen and oxygen atoms in total. The van der Waals surface area contributed by atoms with Gasteiger partial charge < -0.3 is 16.2 Å². The SMILES string of the molecule is NC[C@H](Cc1cccc(COc2ccccn2)c1)C(N)=O. The predicted molar refractivity (Wildman–Crippen MR) is 80.5 cm³/mol. The number of nitrogens with zero attached hydrogens (tertiary/aromatic N) is 1. The zero-order chi connectivity index (χ0) is 15.1. The predicted octanol–water partition coefficient (Wildman–Crippen LogP) is 1.26. The zero-order valence-electron chi connectivity index (χ0n) is 11.7. The number of pyridine rings is 1. The van der Waals surface area contributed by atoms with Crippen LogP contribution in [0.4, 0.5) is 0 Å². The van der Waals surface area contributed by atoms with Crippen molar-refractivity contribution >= 4 is 5.91 Å². The number of carbonyl (C=O) groups is 1. The first-order valence-corrected chi connectivity index (χ1v) is 6.80. The van der Waals surface area contributed by atoms with E-state index in [1.807, 2.05) is 36.4 Å². The Balaban J connectivity index is 1.99. The standard InChI is InChI=1S/C16H19N3O2/c17-10-14(16(18)20)9-12-4-3-5-13(8-12)11-21-15-6-1-2-7-19-15/h1-8,14H,9-11,17H2,(H2,18,20)/t14-/m0/s1. The number of amides is 1. The van der Waals surface area contributed by atoms with Gasteiger partial charge in [0.1, 0.15) is 6.61 Å². The number of benzene rings is 1. The van der Waals surface area contributed by atoms with Crippen LogP contribution in [0.25, 0.3) is 0 Å². The Bertz CT molecular complexity index is 587. The Morgan fingerprint density at radius 3 is 2.67 bits per heavy atom. The molecule has 0 aliphatic carbocycles. The Kier molecular flexibility index (Phi) is 5.29. The maximum absolute atomic E-state index is 11.2. The number of rotatable bonds is 7. The molecule has 1 aromatic heterocycles. The lowest BCUT2D eigenvalue weighted by Crippen LogP contribution is -2.31. The first-order valence-electron chi connectivity index (χ1n) is 6.80. The topological polar surface area (TPSA) is 91.2 Å². The molecule has 4 N–H and O–H groups in total. The molecule has 21 heavy (non-hydrogen) atoms.